The molecule has 3 amide bonds. The Bertz CT molecular complexity index is 1460. The highest BCUT2D eigenvalue weighted by atomic mass is 32.2. The van der Waals surface area contributed by atoms with Gasteiger partial charge in [-0.1, -0.05) is 42.5 Å². The molecule has 4 rings (SSSR count). The number of methoxy groups -OCH3 is 1. The van der Waals surface area contributed by atoms with Crippen LogP contribution in [0.5, 0.6) is 5.75 Å². The summed E-state index contributed by atoms with van der Waals surface area (Å²) in [6.07, 6.45) is 3.20. The molecule has 0 atom stereocenters. The van der Waals surface area contributed by atoms with Crippen LogP contribution in [0.4, 0.5) is 11.5 Å². The second kappa shape index (κ2) is 13.6. The van der Waals surface area contributed by atoms with Crippen LogP contribution < -0.4 is 20.7 Å². The van der Waals surface area contributed by atoms with Crippen molar-refractivity contribution in [1.82, 2.24) is 10.3 Å². The van der Waals surface area contributed by atoms with Crippen molar-refractivity contribution in [3.8, 4) is 5.75 Å². The summed E-state index contributed by atoms with van der Waals surface area (Å²) in [5.74, 6) is 0.233. The van der Waals surface area contributed by atoms with Gasteiger partial charge in [-0.3, -0.25) is 14.4 Å². The fourth-order valence-corrected chi connectivity index (χ4v) is 4.19. The molecule has 9 heteroatoms. The molecule has 0 bridgehead atoms. The SMILES string of the molecule is COc1ccc(/C=C(/NC(=O)c2ccccc2)C(=O)Nc2cccc(SCC(=O)Nc3ccccn3)c2)cc1. The van der Waals surface area contributed by atoms with E-state index in [1.54, 1.807) is 104 Å². The molecule has 8 nitrogen and oxygen atoms in total. The summed E-state index contributed by atoms with van der Waals surface area (Å²) in [6.45, 7) is 0. The molecule has 196 valence electrons. The second-order valence-corrected chi connectivity index (χ2v) is 9.23. The maximum absolute atomic E-state index is 13.3. The van der Waals surface area contributed by atoms with Gasteiger partial charge in [-0.15, -0.1) is 11.8 Å². The van der Waals surface area contributed by atoms with E-state index in [4.69, 9.17) is 4.74 Å². The summed E-state index contributed by atoms with van der Waals surface area (Å²) in [4.78, 5) is 43.3. The minimum atomic E-state index is -0.495. The zero-order valence-corrected chi connectivity index (χ0v) is 21.9. The molecule has 1 aromatic heterocycles. The van der Waals surface area contributed by atoms with E-state index < -0.39 is 11.8 Å². The van der Waals surface area contributed by atoms with Crippen LogP contribution >= 0.6 is 11.8 Å². The molecular weight excluding hydrogens is 512 g/mol. The predicted molar refractivity (Wildman–Crippen MR) is 154 cm³/mol. The zero-order chi connectivity index (χ0) is 27.5. The van der Waals surface area contributed by atoms with Crippen molar-refractivity contribution in [2.75, 3.05) is 23.5 Å². The third-order valence-corrected chi connectivity index (χ3v) is 6.34. The molecule has 0 aliphatic rings. The standard InChI is InChI=1S/C30H26N4O4S/c1-38-24-15-13-21(14-16-24)18-26(33-29(36)22-8-3-2-4-9-22)30(37)32-23-10-7-11-25(19-23)39-20-28(35)34-27-12-5-6-17-31-27/h2-19H,20H2,1H3,(H,32,37)(H,33,36)(H,31,34,35)/b26-18+. The minimum Gasteiger partial charge on any atom is -0.497 e. The Labute approximate surface area is 230 Å². The van der Waals surface area contributed by atoms with Gasteiger partial charge in [0.1, 0.15) is 17.3 Å². The minimum absolute atomic E-state index is 0.0711. The van der Waals surface area contributed by atoms with Crippen LogP contribution in [0.25, 0.3) is 6.08 Å². The quantitative estimate of drug-likeness (QED) is 0.188. The molecule has 0 saturated heterocycles. The lowest BCUT2D eigenvalue weighted by atomic mass is 10.1. The summed E-state index contributed by atoms with van der Waals surface area (Å²) in [5.41, 5.74) is 1.72. The number of thioether (sulfide) groups is 1. The molecule has 0 unspecified atom stereocenters. The van der Waals surface area contributed by atoms with Crippen molar-refractivity contribution in [3.05, 3.63) is 120 Å². The van der Waals surface area contributed by atoms with E-state index in [-0.39, 0.29) is 17.4 Å². The number of benzene rings is 3. The number of amides is 3. The van der Waals surface area contributed by atoms with Crippen LogP contribution in [-0.2, 0) is 9.59 Å². The van der Waals surface area contributed by atoms with E-state index in [9.17, 15) is 14.4 Å². The van der Waals surface area contributed by atoms with Crippen LogP contribution in [-0.4, -0.2) is 35.6 Å². The van der Waals surface area contributed by atoms with Crippen LogP contribution in [0.1, 0.15) is 15.9 Å². The van der Waals surface area contributed by atoms with Gasteiger partial charge in [-0.25, -0.2) is 4.98 Å². The fourth-order valence-electron chi connectivity index (χ4n) is 3.44. The third kappa shape index (κ3) is 8.31. The maximum Gasteiger partial charge on any atom is 0.272 e. The van der Waals surface area contributed by atoms with Crippen molar-refractivity contribution in [1.29, 1.82) is 0 Å². The summed E-state index contributed by atoms with van der Waals surface area (Å²) in [6, 6.07) is 28.2. The largest absolute Gasteiger partial charge is 0.497 e. The number of carbonyl (C=O) groups excluding carboxylic acids is 3. The monoisotopic (exact) mass is 538 g/mol. The number of hydrogen-bond acceptors (Lipinski definition) is 6. The van der Waals surface area contributed by atoms with Gasteiger partial charge in [0.15, 0.2) is 0 Å². The molecule has 0 saturated carbocycles. The van der Waals surface area contributed by atoms with Crippen LogP contribution in [0.3, 0.4) is 0 Å². The summed E-state index contributed by atoms with van der Waals surface area (Å²) < 4.78 is 5.20. The van der Waals surface area contributed by atoms with E-state index in [1.807, 2.05) is 12.1 Å². The Hall–Kier alpha value is -4.89. The van der Waals surface area contributed by atoms with Crippen LogP contribution in [0.15, 0.2) is 114 Å². The predicted octanol–water partition coefficient (Wildman–Crippen LogP) is 5.23. The Kier molecular flexibility index (Phi) is 9.47. The molecule has 3 aromatic carbocycles. The first-order valence-electron chi connectivity index (χ1n) is 12.0. The van der Waals surface area contributed by atoms with Gasteiger partial charge in [0.25, 0.3) is 11.8 Å². The molecule has 0 spiro atoms. The number of nitrogens with one attached hydrogen (secondary N) is 3. The number of aromatic nitrogens is 1. The first-order valence-corrected chi connectivity index (χ1v) is 13.0. The first-order chi connectivity index (χ1) is 19.0. The van der Waals surface area contributed by atoms with E-state index in [0.29, 0.717) is 28.4 Å². The average molecular weight is 539 g/mol. The van der Waals surface area contributed by atoms with Crippen molar-refractivity contribution >= 4 is 47.1 Å². The van der Waals surface area contributed by atoms with Gasteiger partial charge in [0.05, 0.1) is 12.9 Å². The second-order valence-electron chi connectivity index (χ2n) is 8.19. The smallest absolute Gasteiger partial charge is 0.272 e. The number of nitrogens with zero attached hydrogens (tertiary/aromatic N) is 1. The molecule has 1 heterocycles. The highest BCUT2D eigenvalue weighted by Crippen LogP contribution is 2.22. The fraction of sp³-hybridized carbons (Fsp3) is 0.0667. The topological polar surface area (TPSA) is 109 Å². The Morgan fingerprint density at radius 2 is 1.64 bits per heavy atom. The van der Waals surface area contributed by atoms with Gasteiger partial charge >= 0.3 is 0 Å². The summed E-state index contributed by atoms with van der Waals surface area (Å²) in [5, 5.41) is 8.30. The number of anilines is 2. The molecule has 0 radical (unpaired) electrons. The number of ether oxygens (including phenoxy) is 1. The normalized spacial score (nSPS) is 10.8. The van der Waals surface area contributed by atoms with Gasteiger partial charge in [-0.2, -0.15) is 0 Å². The third-order valence-electron chi connectivity index (χ3n) is 5.35. The van der Waals surface area contributed by atoms with Gasteiger partial charge in [0.2, 0.25) is 5.91 Å². The first kappa shape index (κ1) is 27.2. The Morgan fingerprint density at radius 3 is 2.36 bits per heavy atom. The van der Waals surface area contributed by atoms with Gasteiger partial charge in [0, 0.05) is 22.3 Å². The van der Waals surface area contributed by atoms with E-state index >= 15 is 0 Å². The molecule has 0 aliphatic carbocycles. The number of carbonyl (C=O) groups is 3. The van der Waals surface area contributed by atoms with Crippen LogP contribution in [0.2, 0.25) is 0 Å². The van der Waals surface area contributed by atoms with Crippen LogP contribution in [0, 0.1) is 0 Å². The van der Waals surface area contributed by atoms with E-state index in [2.05, 4.69) is 20.9 Å². The number of pyridine rings is 1. The molecular formula is C30H26N4O4S. The van der Waals surface area contributed by atoms with Gasteiger partial charge < -0.3 is 20.7 Å². The van der Waals surface area contributed by atoms with E-state index in [0.717, 1.165) is 4.90 Å². The molecule has 4 aromatic rings. The van der Waals surface area contributed by atoms with Crippen molar-refractivity contribution in [2.45, 2.75) is 4.90 Å². The highest BCUT2D eigenvalue weighted by Gasteiger charge is 2.15. The molecule has 0 fully saturated rings. The van der Waals surface area contributed by atoms with Crippen molar-refractivity contribution in [2.24, 2.45) is 0 Å². The lowest BCUT2D eigenvalue weighted by Gasteiger charge is -2.12. The molecule has 3 N–H and O–H groups in total. The average Bonchev–Trinajstić information content (AvgIpc) is 2.97. The summed E-state index contributed by atoms with van der Waals surface area (Å²) >= 11 is 1.32. The lowest BCUT2D eigenvalue weighted by molar-refractivity contribution is -0.114. The summed E-state index contributed by atoms with van der Waals surface area (Å²) in [7, 11) is 1.57. The Morgan fingerprint density at radius 1 is 0.872 bits per heavy atom. The highest BCUT2D eigenvalue weighted by molar-refractivity contribution is 8.00. The molecule has 39 heavy (non-hydrogen) atoms. The lowest BCUT2D eigenvalue weighted by Crippen LogP contribution is -2.30. The van der Waals surface area contributed by atoms with E-state index in [1.165, 1.54) is 11.8 Å². The van der Waals surface area contributed by atoms with Gasteiger partial charge in [-0.05, 0) is 66.2 Å². The van der Waals surface area contributed by atoms with Crippen molar-refractivity contribution < 1.29 is 19.1 Å². The number of hydrogen-bond donors (Lipinski definition) is 3. The molecule has 0 aliphatic heterocycles. The van der Waals surface area contributed by atoms with Crippen molar-refractivity contribution in [3.63, 3.8) is 0 Å². The Balaban J connectivity index is 1.46. The number of rotatable bonds is 10. The zero-order valence-electron chi connectivity index (χ0n) is 21.1. The maximum atomic E-state index is 13.3.